The van der Waals surface area contributed by atoms with Crippen LogP contribution in [0.25, 0.3) is 0 Å². The van der Waals surface area contributed by atoms with Gasteiger partial charge in [0.15, 0.2) is 0 Å². The molecular formula is C14H21N3O2. The van der Waals surface area contributed by atoms with Gasteiger partial charge < -0.3 is 16.0 Å². The van der Waals surface area contributed by atoms with Crippen molar-refractivity contribution in [2.24, 2.45) is 5.92 Å². The lowest BCUT2D eigenvalue weighted by atomic mass is 10.2. The van der Waals surface area contributed by atoms with Gasteiger partial charge in [-0.3, -0.25) is 4.79 Å². The van der Waals surface area contributed by atoms with Gasteiger partial charge in [0, 0.05) is 23.3 Å². The highest BCUT2D eigenvalue weighted by Gasteiger charge is 2.07. The number of nitrogens with one attached hydrogen (secondary N) is 3. The summed E-state index contributed by atoms with van der Waals surface area (Å²) in [5.74, 6) is -0.0899. The molecular weight excluding hydrogens is 242 g/mol. The summed E-state index contributed by atoms with van der Waals surface area (Å²) >= 11 is 0. The molecule has 1 rings (SSSR count). The fourth-order valence-electron chi connectivity index (χ4n) is 1.35. The van der Waals surface area contributed by atoms with E-state index in [1.807, 2.05) is 27.7 Å². The van der Waals surface area contributed by atoms with Crippen LogP contribution in [0.4, 0.5) is 16.2 Å². The summed E-state index contributed by atoms with van der Waals surface area (Å²) < 4.78 is 0. The van der Waals surface area contributed by atoms with Crippen molar-refractivity contribution in [2.45, 2.75) is 33.7 Å². The van der Waals surface area contributed by atoms with Gasteiger partial charge in [0.1, 0.15) is 0 Å². The zero-order valence-corrected chi connectivity index (χ0v) is 11.8. The molecule has 0 unspecified atom stereocenters. The molecule has 0 aliphatic heterocycles. The number of carbonyl (C=O) groups is 2. The van der Waals surface area contributed by atoms with E-state index >= 15 is 0 Å². The van der Waals surface area contributed by atoms with E-state index in [9.17, 15) is 9.59 Å². The van der Waals surface area contributed by atoms with Gasteiger partial charge in [-0.2, -0.15) is 0 Å². The fourth-order valence-corrected chi connectivity index (χ4v) is 1.35. The third-order valence-electron chi connectivity index (χ3n) is 2.35. The summed E-state index contributed by atoms with van der Waals surface area (Å²) in [5, 5.41) is 8.23. The van der Waals surface area contributed by atoms with Crippen LogP contribution < -0.4 is 16.0 Å². The number of urea groups is 1. The number of rotatable bonds is 4. The molecule has 3 amide bonds. The Kier molecular flexibility index (Phi) is 5.36. The first-order valence-electron chi connectivity index (χ1n) is 6.37. The summed E-state index contributed by atoms with van der Waals surface area (Å²) in [6.07, 6.45) is 0. The van der Waals surface area contributed by atoms with E-state index in [1.165, 1.54) is 0 Å². The predicted octanol–water partition coefficient (Wildman–Crippen LogP) is 2.81. The van der Waals surface area contributed by atoms with Gasteiger partial charge >= 0.3 is 6.03 Å². The SMILES string of the molecule is CC(C)NC(=O)Nc1ccc(NC(=O)C(C)C)cc1. The standard InChI is InChI=1S/C14H21N3O2/c1-9(2)13(18)16-11-5-7-12(8-6-11)17-14(19)15-10(3)4/h5-10H,1-4H3,(H,16,18)(H2,15,17,19). The third-order valence-corrected chi connectivity index (χ3v) is 2.35. The molecule has 5 heteroatoms. The van der Waals surface area contributed by atoms with Crippen molar-refractivity contribution >= 4 is 23.3 Å². The number of amides is 3. The van der Waals surface area contributed by atoms with Gasteiger partial charge in [0.2, 0.25) is 5.91 Å². The highest BCUT2D eigenvalue weighted by atomic mass is 16.2. The van der Waals surface area contributed by atoms with Crippen molar-refractivity contribution in [2.75, 3.05) is 10.6 Å². The molecule has 104 valence electrons. The summed E-state index contributed by atoms with van der Waals surface area (Å²) in [5.41, 5.74) is 1.40. The Balaban J connectivity index is 2.57. The van der Waals surface area contributed by atoms with Crippen molar-refractivity contribution in [3.63, 3.8) is 0 Å². The van der Waals surface area contributed by atoms with Crippen molar-refractivity contribution in [1.29, 1.82) is 0 Å². The van der Waals surface area contributed by atoms with Gasteiger partial charge in [-0.1, -0.05) is 13.8 Å². The highest BCUT2D eigenvalue weighted by Crippen LogP contribution is 2.14. The summed E-state index contributed by atoms with van der Waals surface area (Å²) in [6, 6.07) is 6.85. The summed E-state index contributed by atoms with van der Waals surface area (Å²) in [7, 11) is 0. The van der Waals surface area contributed by atoms with Crippen LogP contribution in [0.1, 0.15) is 27.7 Å². The minimum absolute atomic E-state index is 0.0294. The number of hydrogen-bond acceptors (Lipinski definition) is 2. The van der Waals surface area contributed by atoms with Gasteiger partial charge in [0.05, 0.1) is 0 Å². The first-order valence-corrected chi connectivity index (χ1v) is 6.37. The number of benzene rings is 1. The molecule has 0 bridgehead atoms. The Bertz CT molecular complexity index is 439. The maximum Gasteiger partial charge on any atom is 0.319 e. The quantitative estimate of drug-likeness (QED) is 0.781. The van der Waals surface area contributed by atoms with Crippen LogP contribution in [-0.4, -0.2) is 18.0 Å². The molecule has 0 spiro atoms. The van der Waals surface area contributed by atoms with Crippen LogP contribution >= 0.6 is 0 Å². The largest absolute Gasteiger partial charge is 0.336 e. The average Bonchev–Trinajstić information content (AvgIpc) is 2.30. The molecule has 3 N–H and O–H groups in total. The minimum Gasteiger partial charge on any atom is -0.336 e. The number of hydrogen-bond donors (Lipinski definition) is 3. The van der Waals surface area contributed by atoms with Crippen LogP contribution in [0.5, 0.6) is 0 Å². The van der Waals surface area contributed by atoms with E-state index in [0.717, 1.165) is 0 Å². The second-order valence-electron chi connectivity index (χ2n) is 4.97. The Morgan fingerprint density at radius 2 is 1.37 bits per heavy atom. The van der Waals surface area contributed by atoms with E-state index in [4.69, 9.17) is 0 Å². The second kappa shape index (κ2) is 6.78. The van der Waals surface area contributed by atoms with Gasteiger partial charge in [-0.25, -0.2) is 4.79 Å². The Labute approximate surface area is 113 Å². The lowest BCUT2D eigenvalue weighted by Crippen LogP contribution is -2.34. The first kappa shape index (κ1) is 15.0. The predicted molar refractivity (Wildman–Crippen MR) is 77.2 cm³/mol. The zero-order chi connectivity index (χ0) is 14.4. The lowest BCUT2D eigenvalue weighted by Gasteiger charge is -2.11. The number of anilines is 2. The normalized spacial score (nSPS) is 10.4. The molecule has 19 heavy (non-hydrogen) atoms. The smallest absolute Gasteiger partial charge is 0.319 e. The third kappa shape index (κ3) is 5.42. The molecule has 0 atom stereocenters. The highest BCUT2D eigenvalue weighted by molar-refractivity contribution is 5.93. The van der Waals surface area contributed by atoms with Crippen molar-refractivity contribution in [3.05, 3.63) is 24.3 Å². The Hall–Kier alpha value is -2.04. The topological polar surface area (TPSA) is 70.2 Å². The van der Waals surface area contributed by atoms with Crippen molar-refractivity contribution in [3.8, 4) is 0 Å². The minimum atomic E-state index is -0.242. The maximum atomic E-state index is 11.5. The molecule has 1 aromatic rings. The molecule has 0 heterocycles. The summed E-state index contributed by atoms with van der Waals surface area (Å²) in [4.78, 5) is 23.0. The molecule has 5 nitrogen and oxygen atoms in total. The number of carbonyl (C=O) groups excluding carboxylic acids is 2. The molecule has 0 aliphatic carbocycles. The van der Waals surface area contributed by atoms with Crippen molar-refractivity contribution < 1.29 is 9.59 Å². The molecule has 0 aromatic heterocycles. The van der Waals surface area contributed by atoms with Gasteiger partial charge in [-0.15, -0.1) is 0 Å². The van der Waals surface area contributed by atoms with E-state index in [2.05, 4.69) is 16.0 Å². The van der Waals surface area contributed by atoms with Crippen LogP contribution in [0.3, 0.4) is 0 Å². The van der Waals surface area contributed by atoms with Crippen LogP contribution in [0, 0.1) is 5.92 Å². The van der Waals surface area contributed by atoms with Gasteiger partial charge in [0.25, 0.3) is 0 Å². The molecule has 0 saturated carbocycles. The Morgan fingerprint density at radius 3 is 1.79 bits per heavy atom. The van der Waals surface area contributed by atoms with Crippen LogP contribution in [-0.2, 0) is 4.79 Å². The monoisotopic (exact) mass is 263 g/mol. The zero-order valence-electron chi connectivity index (χ0n) is 11.8. The first-order chi connectivity index (χ1) is 8.88. The molecule has 0 radical (unpaired) electrons. The fraction of sp³-hybridized carbons (Fsp3) is 0.429. The molecule has 0 aliphatic rings. The summed E-state index contributed by atoms with van der Waals surface area (Å²) in [6.45, 7) is 7.46. The second-order valence-corrected chi connectivity index (χ2v) is 4.97. The van der Waals surface area contributed by atoms with E-state index < -0.39 is 0 Å². The molecule has 0 fully saturated rings. The molecule has 1 aromatic carbocycles. The molecule has 0 saturated heterocycles. The van der Waals surface area contributed by atoms with Gasteiger partial charge in [-0.05, 0) is 38.1 Å². The van der Waals surface area contributed by atoms with E-state index in [0.29, 0.717) is 11.4 Å². The van der Waals surface area contributed by atoms with Crippen LogP contribution in [0.15, 0.2) is 24.3 Å². The van der Waals surface area contributed by atoms with Crippen LogP contribution in [0.2, 0.25) is 0 Å². The van der Waals surface area contributed by atoms with E-state index in [-0.39, 0.29) is 23.9 Å². The van der Waals surface area contributed by atoms with Crippen molar-refractivity contribution in [1.82, 2.24) is 5.32 Å². The van der Waals surface area contributed by atoms with E-state index in [1.54, 1.807) is 24.3 Å². The lowest BCUT2D eigenvalue weighted by molar-refractivity contribution is -0.118. The average molecular weight is 263 g/mol. The maximum absolute atomic E-state index is 11.5. The Morgan fingerprint density at radius 1 is 0.895 bits per heavy atom.